The summed E-state index contributed by atoms with van der Waals surface area (Å²) in [7, 11) is 2.16. The quantitative estimate of drug-likeness (QED) is 0.602. The summed E-state index contributed by atoms with van der Waals surface area (Å²) >= 11 is 0. The number of anilines is 5. The lowest BCUT2D eigenvalue weighted by atomic mass is 10.1. The van der Waals surface area contributed by atoms with Crippen LogP contribution >= 0.6 is 0 Å². The van der Waals surface area contributed by atoms with E-state index in [9.17, 15) is 4.79 Å². The van der Waals surface area contributed by atoms with Crippen molar-refractivity contribution in [2.24, 2.45) is 0 Å². The maximum absolute atomic E-state index is 12.2. The molecule has 0 atom stereocenters. The summed E-state index contributed by atoms with van der Waals surface area (Å²) < 4.78 is 0. The van der Waals surface area contributed by atoms with E-state index in [-0.39, 0.29) is 6.03 Å². The Bertz CT molecular complexity index is 1120. The van der Waals surface area contributed by atoms with Gasteiger partial charge in [-0.1, -0.05) is 12.1 Å². The van der Waals surface area contributed by atoms with Crippen molar-refractivity contribution in [3.8, 4) is 11.3 Å². The number of benzene rings is 2. The average Bonchev–Trinajstić information content (AvgIpc) is 2.89. The van der Waals surface area contributed by atoms with Crippen LogP contribution in [0.25, 0.3) is 11.3 Å². The zero-order valence-corrected chi connectivity index (χ0v) is 17.6. The fourth-order valence-corrected chi connectivity index (χ4v) is 3.93. The van der Waals surface area contributed by atoms with Crippen LogP contribution < -0.4 is 20.9 Å². The minimum atomic E-state index is -0.297. The number of urea groups is 1. The van der Waals surface area contributed by atoms with E-state index in [2.05, 4.69) is 49.9 Å². The number of nitrogens with one attached hydrogen (secondary N) is 3. The molecule has 0 spiro atoms. The van der Waals surface area contributed by atoms with Crippen LogP contribution in [0.15, 0.2) is 48.7 Å². The predicted molar refractivity (Wildman–Crippen MR) is 124 cm³/mol. The molecule has 0 saturated carbocycles. The van der Waals surface area contributed by atoms with Gasteiger partial charge >= 0.3 is 6.03 Å². The molecule has 1 fully saturated rings. The third-order valence-electron chi connectivity index (χ3n) is 5.71. The molecule has 8 heteroatoms. The van der Waals surface area contributed by atoms with Gasteiger partial charge in [-0.15, -0.1) is 0 Å². The van der Waals surface area contributed by atoms with Crippen molar-refractivity contribution in [2.45, 2.75) is 6.92 Å². The SMILES string of the molecule is Cc1ccc2c(c1)NC(=O)Nc1cnc(Nc3ccc(N4CCN(C)CC4)cc3)nc1-2. The summed E-state index contributed by atoms with van der Waals surface area (Å²) in [5.74, 6) is 0.480. The fraction of sp³-hybridized carbons (Fsp3) is 0.261. The summed E-state index contributed by atoms with van der Waals surface area (Å²) in [6.45, 7) is 6.22. The van der Waals surface area contributed by atoms with Crippen LogP contribution in [0.4, 0.5) is 33.5 Å². The third-order valence-corrected chi connectivity index (χ3v) is 5.71. The van der Waals surface area contributed by atoms with E-state index in [1.807, 2.05) is 37.3 Å². The highest BCUT2D eigenvalue weighted by Crippen LogP contribution is 2.35. The van der Waals surface area contributed by atoms with Crippen LogP contribution in [0.2, 0.25) is 0 Å². The second-order valence-corrected chi connectivity index (χ2v) is 8.05. The highest BCUT2D eigenvalue weighted by Gasteiger charge is 2.21. The monoisotopic (exact) mass is 415 g/mol. The molecule has 31 heavy (non-hydrogen) atoms. The van der Waals surface area contributed by atoms with E-state index in [1.165, 1.54) is 5.69 Å². The maximum Gasteiger partial charge on any atom is 0.323 e. The molecule has 2 aromatic carbocycles. The standard InChI is InChI=1S/C23H25N7O/c1-15-3-8-18-19(13-15)26-23(31)27-20-14-24-22(28-21(18)20)25-16-4-6-17(7-5-16)30-11-9-29(2)10-12-30/h3-8,13-14H,9-12H2,1-2H3,(H,24,25,28)(H2,26,27,31). The van der Waals surface area contributed by atoms with Gasteiger partial charge in [-0.25, -0.2) is 14.8 Å². The second kappa shape index (κ2) is 7.88. The molecule has 5 rings (SSSR count). The Balaban J connectivity index is 1.39. The molecule has 3 aromatic rings. The van der Waals surface area contributed by atoms with Gasteiger partial charge in [0.2, 0.25) is 5.95 Å². The van der Waals surface area contributed by atoms with E-state index in [0.717, 1.165) is 48.7 Å². The highest BCUT2D eigenvalue weighted by atomic mass is 16.2. The Morgan fingerprint density at radius 3 is 2.48 bits per heavy atom. The van der Waals surface area contributed by atoms with E-state index >= 15 is 0 Å². The smallest absolute Gasteiger partial charge is 0.323 e. The number of nitrogens with zero attached hydrogens (tertiary/aromatic N) is 4. The number of carbonyl (C=O) groups excluding carboxylic acids is 1. The first-order valence-electron chi connectivity index (χ1n) is 10.4. The van der Waals surface area contributed by atoms with Gasteiger partial charge in [0.05, 0.1) is 17.6 Å². The molecular formula is C23H25N7O. The topological polar surface area (TPSA) is 85.4 Å². The molecule has 3 N–H and O–H groups in total. The summed E-state index contributed by atoms with van der Waals surface area (Å²) in [5.41, 5.74) is 6.05. The number of amides is 2. The first kappa shape index (κ1) is 19.3. The number of hydrogen-bond donors (Lipinski definition) is 3. The van der Waals surface area contributed by atoms with Gasteiger partial charge in [0, 0.05) is 43.1 Å². The minimum absolute atomic E-state index is 0.297. The largest absolute Gasteiger partial charge is 0.369 e. The number of piperazine rings is 1. The zero-order valence-electron chi connectivity index (χ0n) is 17.6. The molecule has 3 heterocycles. The van der Waals surface area contributed by atoms with Crippen LogP contribution in [-0.2, 0) is 0 Å². The number of fused-ring (bicyclic) bond motifs is 3. The Kier molecular flexibility index (Phi) is 4.91. The lowest BCUT2D eigenvalue weighted by molar-refractivity contribution is 0.262. The summed E-state index contributed by atoms with van der Waals surface area (Å²) in [6.07, 6.45) is 1.64. The van der Waals surface area contributed by atoms with Gasteiger partial charge in [0.25, 0.3) is 0 Å². The van der Waals surface area contributed by atoms with Crippen molar-refractivity contribution in [1.29, 1.82) is 0 Å². The lowest BCUT2D eigenvalue weighted by Gasteiger charge is -2.34. The van der Waals surface area contributed by atoms with Gasteiger partial charge in [-0.2, -0.15) is 0 Å². The van der Waals surface area contributed by atoms with E-state index in [4.69, 9.17) is 4.98 Å². The molecule has 0 unspecified atom stereocenters. The summed E-state index contributed by atoms with van der Waals surface area (Å²) in [6, 6.07) is 14.0. The Hall–Kier alpha value is -3.65. The molecule has 0 radical (unpaired) electrons. The third kappa shape index (κ3) is 4.02. The van der Waals surface area contributed by atoms with Gasteiger partial charge in [0.1, 0.15) is 5.69 Å². The highest BCUT2D eigenvalue weighted by molar-refractivity contribution is 6.07. The molecule has 1 aromatic heterocycles. The van der Waals surface area contributed by atoms with Crippen LogP contribution in [-0.4, -0.2) is 54.1 Å². The number of carbonyl (C=O) groups is 1. The molecule has 8 nitrogen and oxygen atoms in total. The van der Waals surface area contributed by atoms with Gasteiger partial charge in [-0.05, 0) is 49.9 Å². The number of aryl methyl sites for hydroxylation is 1. The summed E-state index contributed by atoms with van der Waals surface area (Å²) in [4.78, 5) is 26.0. The van der Waals surface area contributed by atoms with Gasteiger partial charge in [0.15, 0.2) is 0 Å². The molecule has 1 saturated heterocycles. The molecule has 0 bridgehead atoms. The molecule has 2 aliphatic rings. The van der Waals surface area contributed by atoms with Crippen molar-refractivity contribution in [1.82, 2.24) is 14.9 Å². The van der Waals surface area contributed by atoms with Gasteiger partial charge in [-0.3, -0.25) is 0 Å². The van der Waals surface area contributed by atoms with E-state index in [1.54, 1.807) is 6.20 Å². The van der Waals surface area contributed by atoms with E-state index in [0.29, 0.717) is 17.3 Å². The first-order valence-corrected chi connectivity index (χ1v) is 10.4. The van der Waals surface area contributed by atoms with Crippen molar-refractivity contribution >= 4 is 34.7 Å². The second-order valence-electron chi connectivity index (χ2n) is 8.05. The Morgan fingerprint density at radius 2 is 1.71 bits per heavy atom. The molecule has 2 aliphatic heterocycles. The van der Waals surface area contributed by atoms with Crippen LogP contribution in [0.3, 0.4) is 0 Å². The number of hydrogen-bond acceptors (Lipinski definition) is 6. The lowest BCUT2D eigenvalue weighted by Crippen LogP contribution is -2.44. The normalized spacial score (nSPS) is 15.9. The van der Waals surface area contributed by atoms with Gasteiger partial charge < -0.3 is 25.8 Å². The predicted octanol–water partition coefficient (Wildman–Crippen LogP) is 3.90. The first-order chi connectivity index (χ1) is 15.0. The summed E-state index contributed by atoms with van der Waals surface area (Å²) in [5, 5.41) is 8.97. The number of aromatic nitrogens is 2. The van der Waals surface area contributed by atoms with Crippen molar-refractivity contribution in [3.63, 3.8) is 0 Å². The molecular weight excluding hydrogens is 390 g/mol. The van der Waals surface area contributed by atoms with E-state index < -0.39 is 0 Å². The number of likely N-dealkylation sites (N-methyl/N-ethyl adjacent to an activating group) is 1. The zero-order chi connectivity index (χ0) is 21.4. The fourth-order valence-electron chi connectivity index (χ4n) is 3.93. The molecule has 158 valence electrons. The average molecular weight is 416 g/mol. The minimum Gasteiger partial charge on any atom is -0.369 e. The maximum atomic E-state index is 12.2. The Labute approximate surface area is 181 Å². The van der Waals surface area contributed by atoms with Crippen molar-refractivity contribution < 1.29 is 4.79 Å². The molecule has 2 amide bonds. The Morgan fingerprint density at radius 1 is 0.968 bits per heavy atom. The van der Waals surface area contributed by atoms with Crippen molar-refractivity contribution in [3.05, 3.63) is 54.2 Å². The molecule has 0 aliphatic carbocycles. The van der Waals surface area contributed by atoms with Crippen molar-refractivity contribution in [2.75, 3.05) is 54.1 Å². The van der Waals surface area contributed by atoms with Crippen LogP contribution in [0.1, 0.15) is 5.56 Å². The number of rotatable bonds is 3. The van der Waals surface area contributed by atoms with Crippen LogP contribution in [0, 0.1) is 6.92 Å². The van der Waals surface area contributed by atoms with Crippen LogP contribution in [0.5, 0.6) is 0 Å².